The molecule has 2 aromatic rings. The van der Waals surface area contributed by atoms with E-state index in [0.717, 1.165) is 11.1 Å². The van der Waals surface area contributed by atoms with E-state index in [0.29, 0.717) is 26.9 Å². The number of nitrogens with zero attached hydrogens (tertiary/aromatic N) is 3. The maximum Gasteiger partial charge on any atom is 0.237 e. The van der Waals surface area contributed by atoms with Gasteiger partial charge in [0, 0.05) is 28.8 Å². The molecule has 21 heavy (non-hydrogen) atoms. The first-order chi connectivity index (χ1) is 10.0. The van der Waals surface area contributed by atoms with Crippen molar-refractivity contribution in [2.24, 2.45) is 4.99 Å². The molecule has 0 amide bonds. The van der Waals surface area contributed by atoms with E-state index in [-0.39, 0.29) is 5.88 Å². The van der Waals surface area contributed by atoms with E-state index < -0.39 is 0 Å². The van der Waals surface area contributed by atoms with Crippen molar-refractivity contribution in [2.45, 2.75) is 24.3 Å². The SMILES string of the molecule is CC(C)Sc1nc(O)c(/C=C2/C=Nc3ncc(Cl)cc32)[nH]1. The van der Waals surface area contributed by atoms with E-state index in [2.05, 4.69) is 33.8 Å². The van der Waals surface area contributed by atoms with Crippen LogP contribution in [0.4, 0.5) is 5.82 Å². The second-order valence-corrected chi connectivity index (χ2v) is 6.83. The van der Waals surface area contributed by atoms with Crippen LogP contribution < -0.4 is 0 Å². The lowest BCUT2D eigenvalue weighted by atomic mass is 10.1. The summed E-state index contributed by atoms with van der Waals surface area (Å²) in [5, 5.41) is 11.5. The van der Waals surface area contributed by atoms with Gasteiger partial charge in [0.25, 0.3) is 0 Å². The zero-order valence-corrected chi connectivity index (χ0v) is 13.0. The highest BCUT2D eigenvalue weighted by Crippen LogP contribution is 2.34. The molecule has 0 radical (unpaired) electrons. The van der Waals surface area contributed by atoms with Crippen LogP contribution >= 0.6 is 23.4 Å². The Morgan fingerprint density at radius 3 is 3.00 bits per heavy atom. The topological polar surface area (TPSA) is 74.2 Å². The molecule has 2 N–H and O–H groups in total. The molecular weight excluding hydrogens is 308 g/mol. The number of imidazole rings is 1. The first-order valence-corrected chi connectivity index (χ1v) is 7.66. The molecule has 0 atom stereocenters. The Morgan fingerprint density at radius 2 is 2.24 bits per heavy atom. The first-order valence-electron chi connectivity index (χ1n) is 6.40. The molecule has 5 nitrogen and oxygen atoms in total. The first kappa shape index (κ1) is 14.2. The summed E-state index contributed by atoms with van der Waals surface area (Å²) in [5.74, 6) is 0.601. The third-order valence-corrected chi connectivity index (χ3v) is 3.90. The van der Waals surface area contributed by atoms with Crippen LogP contribution in [-0.4, -0.2) is 31.5 Å². The molecule has 3 heterocycles. The molecule has 0 unspecified atom stereocenters. The van der Waals surface area contributed by atoms with E-state index in [4.69, 9.17) is 11.6 Å². The van der Waals surface area contributed by atoms with Crippen molar-refractivity contribution < 1.29 is 5.11 Å². The molecule has 0 fully saturated rings. The summed E-state index contributed by atoms with van der Waals surface area (Å²) in [4.78, 5) is 15.6. The molecule has 0 saturated carbocycles. The summed E-state index contributed by atoms with van der Waals surface area (Å²) in [6.45, 7) is 4.13. The van der Waals surface area contributed by atoms with Gasteiger partial charge in [-0.3, -0.25) is 0 Å². The molecule has 7 heteroatoms. The number of pyridine rings is 1. The van der Waals surface area contributed by atoms with Gasteiger partial charge in [-0.1, -0.05) is 37.2 Å². The van der Waals surface area contributed by atoms with Gasteiger partial charge in [0.05, 0.1) is 5.02 Å². The Kier molecular flexibility index (Phi) is 3.73. The van der Waals surface area contributed by atoms with Crippen LogP contribution in [0.1, 0.15) is 25.1 Å². The molecule has 0 aromatic carbocycles. The number of rotatable bonds is 3. The van der Waals surface area contributed by atoms with Crippen LogP contribution in [0.15, 0.2) is 22.4 Å². The highest BCUT2D eigenvalue weighted by Gasteiger charge is 2.16. The Bertz CT molecular complexity index is 751. The summed E-state index contributed by atoms with van der Waals surface area (Å²) >= 11 is 7.52. The highest BCUT2D eigenvalue weighted by molar-refractivity contribution is 7.99. The number of aromatic hydroxyl groups is 1. The zero-order valence-electron chi connectivity index (χ0n) is 11.5. The second kappa shape index (κ2) is 5.54. The van der Waals surface area contributed by atoms with Crippen LogP contribution in [-0.2, 0) is 0 Å². The summed E-state index contributed by atoms with van der Waals surface area (Å²) in [5.41, 5.74) is 2.22. The normalized spacial score (nSPS) is 15.1. The predicted molar refractivity (Wildman–Crippen MR) is 86.5 cm³/mol. The maximum absolute atomic E-state index is 9.92. The minimum atomic E-state index is -0.0255. The lowest BCUT2D eigenvalue weighted by molar-refractivity contribution is 0.453. The number of allylic oxidation sites excluding steroid dienone is 1. The van der Waals surface area contributed by atoms with Gasteiger partial charge < -0.3 is 10.1 Å². The summed E-state index contributed by atoms with van der Waals surface area (Å²) in [6, 6.07) is 1.81. The summed E-state index contributed by atoms with van der Waals surface area (Å²) < 4.78 is 0. The number of halogens is 1. The fraction of sp³-hybridized carbons (Fsp3) is 0.214. The Hall–Kier alpha value is -1.79. The number of hydrogen-bond donors (Lipinski definition) is 2. The minimum absolute atomic E-state index is 0.0255. The molecular formula is C14H13ClN4OS. The summed E-state index contributed by atoms with van der Waals surface area (Å²) in [7, 11) is 0. The van der Waals surface area contributed by atoms with Gasteiger partial charge in [-0.15, -0.1) is 0 Å². The fourth-order valence-electron chi connectivity index (χ4n) is 1.95. The lowest BCUT2D eigenvalue weighted by Crippen LogP contribution is -1.87. The van der Waals surface area contributed by atoms with Gasteiger partial charge in [-0.25, -0.2) is 9.98 Å². The molecule has 2 aromatic heterocycles. The third-order valence-electron chi connectivity index (χ3n) is 2.81. The van der Waals surface area contributed by atoms with Crippen molar-refractivity contribution in [1.29, 1.82) is 0 Å². The summed E-state index contributed by atoms with van der Waals surface area (Å²) in [6.07, 6.45) is 5.05. The van der Waals surface area contributed by atoms with Crippen molar-refractivity contribution in [1.82, 2.24) is 15.0 Å². The Balaban J connectivity index is 1.96. The monoisotopic (exact) mass is 320 g/mol. The number of fused-ring (bicyclic) bond motifs is 1. The molecule has 3 rings (SSSR count). The van der Waals surface area contributed by atoms with Gasteiger partial charge in [0.1, 0.15) is 5.69 Å². The number of thioether (sulfide) groups is 1. The number of aromatic nitrogens is 3. The number of H-pyrrole nitrogens is 1. The van der Waals surface area contributed by atoms with Crippen molar-refractivity contribution in [3.63, 3.8) is 0 Å². The van der Waals surface area contributed by atoms with Gasteiger partial charge in [-0.05, 0) is 12.1 Å². The fourth-order valence-corrected chi connectivity index (χ4v) is 2.87. The van der Waals surface area contributed by atoms with E-state index in [1.807, 2.05) is 0 Å². The van der Waals surface area contributed by atoms with Crippen LogP contribution in [0.2, 0.25) is 5.02 Å². The molecule has 0 aliphatic carbocycles. The Labute approximate surface area is 131 Å². The van der Waals surface area contributed by atoms with E-state index in [9.17, 15) is 5.11 Å². The van der Waals surface area contributed by atoms with Gasteiger partial charge in [0.15, 0.2) is 11.0 Å². The van der Waals surface area contributed by atoms with E-state index in [1.54, 1.807) is 36.3 Å². The zero-order chi connectivity index (χ0) is 15.0. The van der Waals surface area contributed by atoms with Crippen molar-refractivity contribution in [3.05, 3.63) is 28.5 Å². The second-order valence-electron chi connectivity index (χ2n) is 4.83. The minimum Gasteiger partial charge on any atom is -0.492 e. The van der Waals surface area contributed by atoms with Crippen LogP contribution in [0.25, 0.3) is 11.6 Å². The van der Waals surface area contributed by atoms with Crippen molar-refractivity contribution in [2.75, 3.05) is 0 Å². The largest absolute Gasteiger partial charge is 0.492 e. The smallest absolute Gasteiger partial charge is 0.237 e. The number of aliphatic imine (C=N–C) groups is 1. The molecule has 1 aliphatic rings. The van der Waals surface area contributed by atoms with E-state index in [1.165, 1.54) is 0 Å². The quantitative estimate of drug-likeness (QED) is 0.840. The van der Waals surface area contributed by atoms with Gasteiger partial charge >= 0.3 is 0 Å². The number of aromatic amines is 1. The molecule has 1 aliphatic heterocycles. The molecule has 0 bridgehead atoms. The average Bonchev–Trinajstić information content (AvgIpc) is 2.94. The van der Waals surface area contributed by atoms with Crippen LogP contribution in [0, 0.1) is 0 Å². The predicted octanol–water partition coefficient (Wildman–Crippen LogP) is 3.92. The third kappa shape index (κ3) is 2.96. The van der Waals surface area contributed by atoms with Crippen LogP contribution in [0.3, 0.4) is 0 Å². The van der Waals surface area contributed by atoms with E-state index >= 15 is 0 Å². The van der Waals surface area contributed by atoms with Crippen molar-refractivity contribution >= 4 is 47.0 Å². The average molecular weight is 321 g/mol. The molecule has 0 saturated heterocycles. The molecule has 108 valence electrons. The Morgan fingerprint density at radius 1 is 1.43 bits per heavy atom. The number of hydrogen-bond acceptors (Lipinski definition) is 5. The maximum atomic E-state index is 9.92. The number of nitrogens with one attached hydrogen (secondary N) is 1. The van der Waals surface area contributed by atoms with Crippen LogP contribution in [0.5, 0.6) is 5.88 Å². The van der Waals surface area contributed by atoms with Crippen molar-refractivity contribution in [3.8, 4) is 5.88 Å². The lowest BCUT2D eigenvalue weighted by Gasteiger charge is -1.99. The van der Waals surface area contributed by atoms with Gasteiger partial charge in [-0.2, -0.15) is 4.98 Å². The molecule has 0 spiro atoms. The standard InChI is InChI=1S/C14H13ClN4OS/c1-7(2)21-14-18-11(13(20)19-14)3-8-5-16-12-10(8)4-9(15)6-17-12/h3-7,20H,1-2H3,(H,18,19)/b8-3-. The highest BCUT2D eigenvalue weighted by atomic mass is 35.5. The van der Waals surface area contributed by atoms with Gasteiger partial charge in [0.2, 0.25) is 5.88 Å².